The summed E-state index contributed by atoms with van der Waals surface area (Å²) in [4.78, 5) is 19.1. The third-order valence-electron chi connectivity index (χ3n) is 6.07. The highest BCUT2D eigenvalue weighted by atomic mass is 16.6. The van der Waals surface area contributed by atoms with Crippen LogP contribution in [0.15, 0.2) is 24.3 Å². The fourth-order valence-corrected chi connectivity index (χ4v) is 4.55. The first kappa shape index (κ1) is 18.7. The van der Waals surface area contributed by atoms with E-state index in [4.69, 9.17) is 9.47 Å². The average molecular weight is 373 g/mol. The van der Waals surface area contributed by atoms with E-state index in [0.717, 1.165) is 71.9 Å². The molecular formula is C21H31N3O3. The second-order valence-electron chi connectivity index (χ2n) is 7.81. The zero-order valence-corrected chi connectivity index (χ0v) is 16.3. The summed E-state index contributed by atoms with van der Waals surface area (Å²) in [6.07, 6.45) is 1.95. The molecule has 1 amide bonds. The summed E-state index contributed by atoms with van der Waals surface area (Å²) in [5.74, 6) is 0. The van der Waals surface area contributed by atoms with Gasteiger partial charge in [0.25, 0.3) is 0 Å². The molecule has 148 valence electrons. The molecule has 1 aromatic rings. The van der Waals surface area contributed by atoms with Crippen LogP contribution in [0.25, 0.3) is 0 Å². The van der Waals surface area contributed by atoms with Crippen molar-refractivity contribution in [3.05, 3.63) is 35.4 Å². The van der Waals surface area contributed by atoms with Crippen LogP contribution >= 0.6 is 0 Å². The fourth-order valence-electron chi connectivity index (χ4n) is 4.55. The van der Waals surface area contributed by atoms with Crippen LogP contribution < -0.4 is 0 Å². The highest BCUT2D eigenvalue weighted by Gasteiger charge is 2.47. The van der Waals surface area contributed by atoms with Gasteiger partial charge in [-0.05, 0) is 24.0 Å². The van der Waals surface area contributed by atoms with E-state index in [9.17, 15) is 4.79 Å². The summed E-state index contributed by atoms with van der Waals surface area (Å²) < 4.78 is 11.1. The number of hydrogen-bond acceptors (Lipinski definition) is 5. The third kappa shape index (κ3) is 4.28. The fraction of sp³-hybridized carbons (Fsp3) is 0.667. The van der Waals surface area contributed by atoms with Gasteiger partial charge < -0.3 is 14.4 Å². The first-order valence-electron chi connectivity index (χ1n) is 10.3. The van der Waals surface area contributed by atoms with Gasteiger partial charge in [0.2, 0.25) is 0 Å². The van der Waals surface area contributed by atoms with Gasteiger partial charge in [-0.2, -0.15) is 0 Å². The number of amides is 1. The summed E-state index contributed by atoms with van der Waals surface area (Å²) in [5.41, 5.74) is 2.80. The number of fused-ring (bicyclic) bond motifs is 1. The van der Waals surface area contributed by atoms with Crippen LogP contribution in [0.4, 0.5) is 4.79 Å². The number of aryl methyl sites for hydroxylation is 1. The van der Waals surface area contributed by atoms with Crippen molar-refractivity contribution < 1.29 is 14.3 Å². The maximum Gasteiger partial charge on any atom is 0.410 e. The van der Waals surface area contributed by atoms with Crippen LogP contribution in [-0.4, -0.2) is 85.4 Å². The number of benzene rings is 1. The minimum atomic E-state index is -0.124. The maximum absolute atomic E-state index is 12.3. The van der Waals surface area contributed by atoms with Crippen LogP contribution in [0.2, 0.25) is 0 Å². The predicted molar refractivity (Wildman–Crippen MR) is 104 cm³/mol. The van der Waals surface area contributed by atoms with Gasteiger partial charge in [-0.3, -0.25) is 9.80 Å². The molecule has 0 unspecified atom stereocenters. The highest BCUT2D eigenvalue weighted by Crippen LogP contribution is 2.28. The Morgan fingerprint density at radius 1 is 1.04 bits per heavy atom. The number of carbonyl (C=O) groups is 1. The molecule has 0 N–H and O–H groups in total. The number of carbonyl (C=O) groups excluding carboxylic acids is 1. The molecule has 0 aromatic heterocycles. The van der Waals surface area contributed by atoms with Crippen molar-refractivity contribution in [1.29, 1.82) is 0 Å². The number of likely N-dealkylation sites (tertiary alicyclic amines) is 1. The lowest BCUT2D eigenvalue weighted by Crippen LogP contribution is -2.41. The Kier molecular flexibility index (Phi) is 5.95. The van der Waals surface area contributed by atoms with E-state index < -0.39 is 0 Å². The van der Waals surface area contributed by atoms with Crippen LogP contribution in [0.5, 0.6) is 0 Å². The minimum Gasteiger partial charge on any atom is -0.442 e. The Bertz CT molecular complexity index is 647. The first-order chi connectivity index (χ1) is 13.2. The second kappa shape index (κ2) is 8.59. The quantitative estimate of drug-likeness (QED) is 0.731. The lowest BCUT2D eigenvalue weighted by atomic mass is 10.1. The lowest BCUT2D eigenvalue weighted by Gasteiger charge is -2.28. The highest BCUT2D eigenvalue weighted by molar-refractivity contribution is 5.71. The molecule has 3 aliphatic heterocycles. The molecule has 6 heteroatoms. The van der Waals surface area contributed by atoms with Crippen molar-refractivity contribution in [2.75, 3.05) is 52.5 Å². The molecule has 0 radical (unpaired) electrons. The van der Waals surface area contributed by atoms with E-state index in [0.29, 0.717) is 0 Å². The van der Waals surface area contributed by atoms with E-state index >= 15 is 0 Å². The average Bonchev–Trinajstić information content (AvgIpc) is 3.20. The Hall–Kier alpha value is -1.63. The zero-order chi connectivity index (χ0) is 18.6. The SMILES string of the molecule is CCc1ccccc1CN1C[C@@H]2OC(=O)N(CCCN3CCOCC3)[C@@H]2C1. The molecule has 3 fully saturated rings. The Labute approximate surface area is 162 Å². The van der Waals surface area contributed by atoms with E-state index in [1.54, 1.807) is 0 Å². The summed E-state index contributed by atoms with van der Waals surface area (Å²) in [5, 5.41) is 0. The summed E-state index contributed by atoms with van der Waals surface area (Å²) in [6.45, 7) is 10.4. The molecule has 3 aliphatic rings. The molecular weight excluding hydrogens is 342 g/mol. The zero-order valence-electron chi connectivity index (χ0n) is 16.3. The minimum absolute atomic E-state index is 0.0228. The van der Waals surface area contributed by atoms with Gasteiger partial charge in [0, 0.05) is 45.8 Å². The van der Waals surface area contributed by atoms with Crippen LogP contribution in [0, 0.1) is 0 Å². The monoisotopic (exact) mass is 373 g/mol. The van der Waals surface area contributed by atoms with Crippen molar-refractivity contribution in [3.8, 4) is 0 Å². The van der Waals surface area contributed by atoms with Crippen LogP contribution in [-0.2, 0) is 22.4 Å². The molecule has 0 aliphatic carbocycles. The molecule has 4 rings (SSSR count). The normalized spacial score (nSPS) is 26.4. The summed E-state index contributed by atoms with van der Waals surface area (Å²) in [6, 6.07) is 8.86. The van der Waals surface area contributed by atoms with Gasteiger partial charge in [-0.1, -0.05) is 31.2 Å². The molecule has 0 bridgehead atoms. The largest absolute Gasteiger partial charge is 0.442 e. The first-order valence-corrected chi connectivity index (χ1v) is 10.3. The lowest BCUT2D eigenvalue weighted by molar-refractivity contribution is 0.0362. The van der Waals surface area contributed by atoms with Crippen LogP contribution in [0.1, 0.15) is 24.5 Å². The number of morpholine rings is 1. The number of nitrogens with zero attached hydrogens (tertiary/aromatic N) is 3. The number of hydrogen-bond donors (Lipinski definition) is 0. The number of ether oxygens (including phenoxy) is 2. The molecule has 6 nitrogen and oxygen atoms in total. The maximum atomic E-state index is 12.3. The van der Waals surface area contributed by atoms with Gasteiger partial charge in [0.1, 0.15) is 6.10 Å². The van der Waals surface area contributed by atoms with Gasteiger partial charge in [0.05, 0.1) is 19.3 Å². The van der Waals surface area contributed by atoms with Crippen molar-refractivity contribution in [1.82, 2.24) is 14.7 Å². The van der Waals surface area contributed by atoms with Gasteiger partial charge in [-0.15, -0.1) is 0 Å². The van der Waals surface area contributed by atoms with Crippen molar-refractivity contribution in [3.63, 3.8) is 0 Å². The van der Waals surface area contributed by atoms with Crippen molar-refractivity contribution >= 4 is 6.09 Å². The van der Waals surface area contributed by atoms with Crippen molar-refractivity contribution in [2.45, 2.75) is 38.5 Å². The second-order valence-corrected chi connectivity index (χ2v) is 7.81. The van der Waals surface area contributed by atoms with Crippen LogP contribution in [0.3, 0.4) is 0 Å². The molecule has 2 atom stereocenters. The molecule has 1 aromatic carbocycles. The molecule has 3 heterocycles. The van der Waals surface area contributed by atoms with Gasteiger partial charge >= 0.3 is 6.09 Å². The van der Waals surface area contributed by atoms with E-state index in [2.05, 4.69) is 41.0 Å². The van der Waals surface area contributed by atoms with E-state index in [1.165, 1.54) is 11.1 Å². The third-order valence-corrected chi connectivity index (χ3v) is 6.07. The van der Waals surface area contributed by atoms with E-state index in [1.807, 2.05) is 4.90 Å². The Morgan fingerprint density at radius 3 is 2.59 bits per heavy atom. The molecule has 27 heavy (non-hydrogen) atoms. The molecule has 3 saturated heterocycles. The van der Waals surface area contributed by atoms with Gasteiger partial charge in [-0.25, -0.2) is 4.79 Å². The van der Waals surface area contributed by atoms with Gasteiger partial charge in [0.15, 0.2) is 0 Å². The smallest absolute Gasteiger partial charge is 0.410 e. The summed E-state index contributed by atoms with van der Waals surface area (Å²) in [7, 11) is 0. The predicted octanol–water partition coefficient (Wildman–Crippen LogP) is 1.98. The Morgan fingerprint density at radius 2 is 1.81 bits per heavy atom. The Balaban J connectivity index is 1.30. The molecule has 0 saturated carbocycles. The van der Waals surface area contributed by atoms with Crippen molar-refractivity contribution in [2.24, 2.45) is 0 Å². The summed E-state index contributed by atoms with van der Waals surface area (Å²) >= 11 is 0. The standard InChI is InChI=1S/C21H31N3O3/c1-2-17-6-3-4-7-18(17)14-23-15-19-20(16-23)27-21(25)24(19)9-5-8-22-10-12-26-13-11-22/h3-4,6-7,19-20H,2,5,8-16H2,1H3/t19-,20+/m1/s1. The topological polar surface area (TPSA) is 45.2 Å². The molecule has 0 spiro atoms. The number of rotatable bonds is 7. The van der Waals surface area contributed by atoms with E-state index in [-0.39, 0.29) is 18.2 Å².